The average Bonchev–Trinajstić information content (AvgIpc) is 0.853. The van der Waals surface area contributed by atoms with Crippen molar-refractivity contribution in [3.63, 3.8) is 0 Å². The van der Waals surface area contributed by atoms with Gasteiger partial charge in [-0.1, -0.05) is 73.9 Å². The molecule has 0 bridgehead atoms. The molecule has 34 nitrogen and oxygen atoms in total. The standard InChI is InChI=1S/C69H124N18O16/c1-37(2)52(85-67(100)54(39(5)6)83-62(95)49(25-15-20-34-73)80-61(94)48(24-14-19-33-72)79-60(93)47(23-13-18-32-71)78-59(92)46(75)22-12-17-31-70)65(98)77-41(9)57(90)76-42(10)58(91)87-56(43(11)88)68(101)82-51(36-44-27-29-45(89)30-28-44)64(97)84-53(38(3)4)66(99)81-50(26-16-21-35-74)63(96)86-55(40(7)8)69(102)103/h27-30,37-43,46-56,88-89H,12-26,31-36,70-75H2,1-11H3,(H,76,90)(H,77,98)(H,78,92)(H,79,93)(H,80,94)(H,81,99)(H,82,101)(H,83,95)(H,84,97)(H,85,100)(H,86,96)(H,87,91)(H,102,103)/t41-,42-,43+,46-,47-,48-,49-,50-,51-,52-,53-,54-,55-,56-/m0/s1. The summed E-state index contributed by atoms with van der Waals surface area (Å²) < 4.78 is 0. The van der Waals surface area contributed by atoms with Gasteiger partial charge in [0.1, 0.15) is 78.3 Å². The van der Waals surface area contributed by atoms with E-state index in [2.05, 4.69) is 63.8 Å². The van der Waals surface area contributed by atoms with Gasteiger partial charge in [0.05, 0.1) is 12.1 Å². The number of aliphatic carboxylic acids is 1. The highest BCUT2D eigenvalue weighted by Crippen LogP contribution is 2.16. The smallest absolute Gasteiger partial charge is 0.326 e. The lowest BCUT2D eigenvalue weighted by molar-refractivity contribution is -0.143. The van der Waals surface area contributed by atoms with Crippen LogP contribution in [0.15, 0.2) is 24.3 Å². The number of carboxylic acid groups (broad SMARTS) is 1. The highest BCUT2D eigenvalue weighted by Gasteiger charge is 2.39. The van der Waals surface area contributed by atoms with Gasteiger partial charge in [-0.15, -0.1) is 0 Å². The van der Waals surface area contributed by atoms with Crippen LogP contribution in [0.25, 0.3) is 0 Å². The summed E-state index contributed by atoms with van der Waals surface area (Å²) in [7, 11) is 0. The fourth-order valence-electron chi connectivity index (χ4n) is 10.7. The molecule has 34 heteroatoms. The first-order chi connectivity index (χ1) is 48.5. The molecule has 0 unspecified atom stereocenters. The molecule has 0 fully saturated rings. The van der Waals surface area contributed by atoms with Crippen LogP contribution in [0.5, 0.6) is 5.75 Å². The van der Waals surface area contributed by atoms with Crippen molar-refractivity contribution in [1.82, 2.24) is 63.8 Å². The van der Waals surface area contributed by atoms with E-state index in [0.717, 1.165) is 0 Å². The number of hydrogen-bond acceptors (Lipinski definition) is 21. The van der Waals surface area contributed by atoms with Gasteiger partial charge in [-0.3, -0.25) is 57.5 Å². The quantitative estimate of drug-likeness (QED) is 0.0287. The Bertz CT molecular complexity index is 2850. The van der Waals surface area contributed by atoms with E-state index < -0.39 is 185 Å². The first-order valence-corrected chi connectivity index (χ1v) is 36.1. The zero-order chi connectivity index (χ0) is 78.2. The summed E-state index contributed by atoms with van der Waals surface area (Å²) in [6.45, 7) is 18.2. The first kappa shape index (κ1) is 92.9. The molecule has 0 aliphatic heterocycles. The summed E-state index contributed by atoms with van der Waals surface area (Å²) in [4.78, 5) is 179. The second-order valence-corrected chi connectivity index (χ2v) is 27.7. The molecule has 0 saturated carbocycles. The maximum atomic E-state index is 14.3. The van der Waals surface area contributed by atoms with E-state index in [1.807, 2.05) is 0 Å². The molecule has 0 aliphatic rings. The molecule has 14 atom stereocenters. The van der Waals surface area contributed by atoms with Crippen molar-refractivity contribution in [2.75, 3.05) is 32.7 Å². The van der Waals surface area contributed by atoms with Crippen molar-refractivity contribution in [2.24, 2.45) is 58.1 Å². The minimum atomic E-state index is -1.78. The van der Waals surface area contributed by atoms with Crippen LogP contribution in [0, 0.1) is 23.7 Å². The molecule has 1 aromatic rings. The van der Waals surface area contributed by atoms with Gasteiger partial charge in [0.2, 0.25) is 70.9 Å². The van der Waals surface area contributed by atoms with Crippen LogP contribution in [0.2, 0.25) is 0 Å². The van der Waals surface area contributed by atoms with Crippen molar-refractivity contribution < 1.29 is 77.6 Å². The molecule has 586 valence electrons. The van der Waals surface area contributed by atoms with Gasteiger partial charge in [-0.25, -0.2) is 4.79 Å². The Labute approximate surface area is 606 Å². The molecular formula is C69H124N18O16. The third-order valence-corrected chi connectivity index (χ3v) is 17.2. The third-order valence-electron chi connectivity index (χ3n) is 17.2. The number of phenols is 1. The summed E-state index contributed by atoms with van der Waals surface area (Å²) in [5, 5.41) is 62.0. The molecule has 27 N–H and O–H groups in total. The number of carbonyl (C=O) groups excluding carboxylic acids is 12. The Kier molecular flexibility index (Phi) is 44.6. The van der Waals surface area contributed by atoms with E-state index in [4.69, 9.17) is 34.4 Å². The fourth-order valence-corrected chi connectivity index (χ4v) is 10.7. The van der Waals surface area contributed by atoms with E-state index in [9.17, 15) is 77.6 Å². The molecule has 1 aromatic carbocycles. The SMILES string of the molecule is CC(C)[C@H](NC(=O)[C@H](CCCCN)NC(=O)[C@@H](NC(=O)[C@H](Cc1ccc(O)cc1)NC(=O)[C@@H](NC(=O)[C@H](C)NC(=O)[C@H](C)NC(=O)[C@@H](NC(=O)[C@@H](NC(=O)[C@H](CCCCN)NC(=O)[C@H](CCCCN)NC(=O)[C@H](CCCCN)NC(=O)[C@@H](N)CCCCN)C(C)C)C(C)C)[C@@H](C)O)C(C)C)C(=O)O. The van der Waals surface area contributed by atoms with Crippen molar-refractivity contribution in [3.8, 4) is 5.75 Å². The van der Waals surface area contributed by atoms with Crippen molar-refractivity contribution in [3.05, 3.63) is 29.8 Å². The van der Waals surface area contributed by atoms with Gasteiger partial charge in [0, 0.05) is 6.42 Å². The molecule has 0 aromatic heterocycles. The molecule has 103 heavy (non-hydrogen) atoms. The lowest BCUT2D eigenvalue weighted by atomic mass is 9.98. The number of nitrogens with two attached hydrogens (primary N) is 6. The topological polar surface area (TPSA) is 583 Å². The lowest BCUT2D eigenvalue weighted by Gasteiger charge is -2.30. The van der Waals surface area contributed by atoms with Crippen molar-refractivity contribution in [2.45, 2.75) is 264 Å². The fraction of sp³-hybridized carbons (Fsp3) is 0.725. The average molecular weight is 1460 g/mol. The Morgan fingerprint density at radius 1 is 0.320 bits per heavy atom. The highest BCUT2D eigenvalue weighted by molar-refractivity contribution is 6.00. The number of hydrogen-bond donors (Lipinski definition) is 21. The van der Waals surface area contributed by atoms with Crippen LogP contribution >= 0.6 is 0 Å². The Morgan fingerprint density at radius 3 is 0.942 bits per heavy atom. The number of benzene rings is 1. The normalized spacial score (nSPS) is 15.5. The molecule has 1 rings (SSSR count). The van der Waals surface area contributed by atoms with Gasteiger partial charge in [0.25, 0.3) is 0 Å². The number of nitrogens with one attached hydrogen (secondary N) is 12. The first-order valence-electron chi connectivity index (χ1n) is 36.1. The molecule has 0 saturated heterocycles. The maximum absolute atomic E-state index is 14.3. The van der Waals surface area contributed by atoms with Crippen LogP contribution in [-0.4, -0.2) is 210 Å². The predicted octanol–water partition coefficient (Wildman–Crippen LogP) is -3.15. The number of aliphatic hydroxyl groups is 1. The Morgan fingerprint density at radius 2 is 0.583 bits per heavy atom. The summed E-state index contributed by atoms with van der Waals surface area (Å²) >= 11 is 0. The van der Waals surface area contributed by atoms with Gasteiger partial charge < -0.3 is 114 Å². The van der Waals surface area contributed by atoms with Crippen LogP contribution in [0.4, 0.5) is 0 Å². The summed E-state index contributed by atoms with van der Waals surface area (Å²) in [6.07, 6.45) is 3.72. The van der Waals surface area contributed by atoms with Gasteiger partial charge in [-0.2, -0.15) is 0 Å². The molecule has 12 amide bonds. The second-order valence-electron chi connectivity index (χ2n) is 27.7. The minimum Gasteiger partial charge on any atom is -0.508 e. The van der Waals surface area contributed by atoms with Gasteiger partial charge in [0.15, 0.2) is 0 Å². The van der Waals surface area contributed by atoms with E-state index in [1.54, 1.807) is 55.4 Å². The highest BCUT2D eigenvalue weighted by atomic mass is 16.4. The number of unbranched alkanes of at least 4 members (excludes halogenated alkanes) is 5. The van der Waals surface area contributed by atoms with Gasteiger partial charge >= 0.3 is 5.97 Å². The van der Waals surface area contributed by atoms with Crippen LogP contribution < -0.4 is 98.2 Å². The summed E-state index contributed by atoms with van der Waals surface area (Å²) in [6, 6.07) is -11.5. The number of rotatable bonds is 52. The predicted molar refractivity (Wildman–Crippen MR) is 387 cm³/mol. The summed E-state index contributed by atoms with van der Waals surface area (Å²) in [5.74, 6) is -13.6. The third kappa shape index (κ3) is 34.8. The summed E-state index contributed by atoms with van der Waals surface area (Å²) in [5.41, 5.74) is 35.2. The zero-order valence-electron chi connectivity index (χ0n) is 62.2. The van der Waals surface area contributed by atoms with Crippen LogP contribution in [0.3, 0.4) is 0 Å². The van der Waals surface area contributed by atoms with Crippen LogP contribution in [-0.2, 0) is 68.7 Å². The molecule has 0 spiro atoms. The lowest BCUT2D eigenvalue weighted by Crippen LogP contribution is -2.62. The number of carboxylic acids is 1. The number of aliphatic hydroxyl groups excluding tert-OH is 1. The Balaban J connectivity index is 3.39. The zero-order valence-corrected chi connectivity index (χ0v) is 62.2. The molecule has 0 radical (unpaired) electrons. The minimum absolute atomic E-state index is 0.0651. The number of carbonyl (C=O) groups is 13. The van der Waals surface area contributed by atoms with E-state index >= 15 is 0 Å². The maximum Gasteiger partial charge on any atom is 0.326 e. The van der Waals surface area contributed by atoms with Crippen molar-refractivity contribution >= 4 is 76.9 Å². The number of phenolic OH excluding ortho intramolecular Hbond substituents is 1. The van der Waals surface area contributed by atoms with E-state index in [1.165, 1.54) is 45.0 Å². The van der Waals surface area contributed by atoms with E-state index in [-0.39, 0.29) is 57.5 Å². The molecule has 0 aliphatic carbocycles. The second kappa shape index (κ2) is 49.5. The van der Waals surface area contributed by atoms with Crippen molar-refractivity contribution in [1.29, 1.82) is 0 Å². The molecule has 0 heterocycles. The number of aromatic hydroxyl groups is 1. The number of amides is 12. The molecular weight excluding hydrogens is 1340 g/mol. The van der Waals surface area contributed by atoms with Crippen LogP contribution in [0.1, 0.15) is 178 Å². The monoisotopic (exact) mass is 1460 g/mol. The van der Waals surface area contributed by atoms with E-state index in [0.29, 0.717) is 89.3 Å². The largest absolute Gasteiger partial charge is 0.508 e. The Hall–Kier alpha value is -8.15. The van der Waals surface area contributed by atoms with Gasteiger partial charge in [-0.05, 0) is 185 Å².